The Kier molecular flexibility index (Phi) is 11.4. The molecule has 0 aromatic heterocycles. The zero-order chi connectivity index (χ0) is 37.2. The zero-order valence-electron chi connectivity index (χ0n) is 33.2. The summed E-state index contributed by atoms with van der Waals surface area (Å²) in [5.41, 5.74) is 6.34. The minimum absolute atomic E-state index is 0.156. The monoisotopic (exact) mass is 729 g/mol. The quantitative estimate of drug-likeness (QED) is 0.263. The van der Waals surface area contributed by atoms with Gasteiger partial charge in [-0.25, -0.2) is 0 Å². The minimum atomic E-state index is -0.775. The molecule has 0 radical (unpaired) electrons. The fourth-order valence-corrected chi connectivity index (χ4v) is 8.80. The molecule has 10 atom stereocenters. The normalized spacial score (nSPS) is 42.5. The average Bonchev–Trinajstić information content (AvgIpc) is 3.82. The molecule has 6 aliphatic heterocycles. The Morgan fingerprint density at radius 2 is 0.765 bits per heavy atom. The predicted molar refractivity (Wildman–Crippen MR) is 185 cm³/mol. The third kappa shape index (κ3) is 9.66. The number of rotatable bonds is 13. The summed E-state index contributed by atoms with van der Waals surface area (Å²) in [6.07, 6.45) is 2.65. The van der Waals surface area contributed by atoms with E-state index in [1.807, 2.05) is 83.1 Å². The SMILES string of the molecule is CC1(C)O[C@H]([C@H]2OC(C)(C)O[C@H]2CCCC(CN)CCC[C@@H]2OC(C)(C)O[C@@H]2[C@H]2OC(C)(C)O[C@@H]2[C@H]2COC(C)(C)O2)[C@@H]([C@H]2COC(C)(C)O2)O1. The van der Waals surface area contributed by atoms with Crippen LogP contribution < -0.4 is 5.73 Å². The highest BCUT2D eigenvalue weighted by Crippen LogP contribution is 2.45. The summed E-state index contributed by atoms with van der Waals surface area (Å²) < 4.78 is 75.9. The van der Waals surface area contributed by atoms with Crippen molar-refractivity contribution in [3.05, 3.63) is 0 Å². The maximum Gasteiger partial charge on any atom is 0.164 e. The van der Waals surface area contributed by atoms with Crippen molar-refractivity contribution < 1.29 is 56.8 Å². The lowest BCUT2D eigenvalue weighted by atomic mass is 9.91. The number of nitrogens with two attached hydrogens (primary N) is 1. The Morgan fingerprint density at radius 3 is 1.10 bits per heavy atom. The second kappa shape index (κ2) is 14.5. The Balaban J connectivity index is 1.03. The van der Waals surface area contributed by atoms with E-state index >= 15 is 0 Å². The topological polar surface area (TPSA) is 137 Å². The molecule has 0 aromatic rings. The van der Waals surface area contributed by atoms with Gasteiger partial charge in [0.15, 0.2) is 34.7 Å². The van der Waals surface area contributed by atoms with Gasteiger partial charge in [-0.3, -0.25) is 0 Å². The Labute approximate surface area is 305 Å². The van der Waals surface area contributed by atoms with Gasteiger partial charge in [-0.2, -0.15) is 0 Å². The fraction of sp³-hybridized carbons (Fsp3) is 1.00. The van der Waals surface area contributed by atoms with Crippen LogP contribution in [0.2, 0.25) is 0 Å². The van der Waals surface area contributed by atoms with E-state index in [4.69, 9.17) is 62.6 Å². The number of hydrogen-bond acceptors (Lipinski definition) is 13. The van der Waals surface area contributed by atoms with Gasteiger partial charge in [-0.15, -0.1) is 0 Å². The fourth-order valence-electron chi connectivity index (χ4n) is 8.80. The van der Waals surface area contributed by atoms with Crippen LogP contribution in [0.1, 0.15) is 122 Å². The Morgan fingerprint density at radius 1 is 0.431 bits per heavy atom. The molecule has 6 aliphatic rings. The molecular weight excluding hydrogens is 662 g/mol. The van der Waals surface area contributed by atoms with Gasteiger partial charge in [0.2, 0.25) is 0 Å². The lowest BCUT2D eigenvalue weighted by molar-refractivity contribution is -0.178. The first-order valence-electron chi connectivity index (χ1n) is 19.3. The highest BCUT2D eigenvalue weighted by Gasteiger charge is 2.59. The highest BCUT2D eigenvalue weighted by atomic mass is 16.8. The summed E-state index contributed by atoms with van der Waals surface area (Å²) >= 11 is 0. The molecule has 13 nitrogen and oxygen atoms in total. The van der Waals surface area contributed by atoms with Crippen molar-refractivity contribution in [2.24, 2.45) is 11.7 Å². The van der Waals surface area contributed by atoms with E-state index in [0.29, 0.717) is 25.7 Å². The Hall–Kier alpha value is -0.520. The van der Waals surface area contributed by atoms with Crippen LogP contribution >= 0.6 is 0 Å². The van der Waals surface area contributed by atoms with Gasteiger partial charge in [0.1, 0.15) is 48.8 Å². The van der Waals surface area contributed by atoms with E-state index in [1.54, 1.807) is 0 Å². The van der Waals surface area contributed by atoms with Crippen LogP contribution in [0, 0.1) is 5.92 Å². The smallest absolute Gasteiger partial charge is 0.164 e. The van der Waals surface area contributed by atoms with Gasteiger partial charge in [-0.05, 0) is 121 Å². The molecule has 0 bridgehead atoms. The van der Waals surface area contributed by atoms with Crippen molar-refractivity contribution in [3.8, 4) is 0 Å². The second-order valence-electron chi connectivity index (χ2n) is 18.1. The highest BCUT2D eigenvalue weighted by molar-refractivity contribution is 5.01. The first kappa shape index (κ1) is 40.2. The van der Waals surface area contributed by atoms with Crippen molar-refractivity contribution in [1.29, 1.82) is 0 Å². The van der Waals surface area contributed by atoms with E-state index < -0.39 is 34.7 Å². The van der Waals surface area contributed by atoms with Gasteiger partial charge in [-0.1, -0.05) is 12.8 Å². The van der Waals surface area contributed by atoms with Gasteiger partial charge in [0.25, 0.3) is 0 Å². The standard InChI is InChI=1S/C38H67NO12/c1-33(2)40-20-25(44-33)29-31(50-37(9,10)48-29)27-23(42-35(5,6)46-27)17-13-15-22(19-39)16-14-18-24-28(47-36(7,8)43-24)32-30(49-38(11,12)51-32)26-21-41-34(3,4)45-26/h22-32H,13-21,39H2,1-12H3/t23-,24-,25+,26+,27-,28-,29+,30+,31+,32+/m0/s1. The van der Waals surface area contributed by atoms with E-state index in [0.717, 1.165) is 38.5 Å². The van der Waals surface area contributed by atoms with Crippen LogP contribution in [0.25, 0.3) is 0 Å². The molecule has 6 saturated heterocycles. The molecule has 2 N–H and O–H groups in total. The molecule has 6 heterocycles. The minimum Gasteiger partial charge on any atom is -0.348 e. The first-order valence-corrected chi connectivity index (χ1v) is 19.3. The lowest BCUT2D eigenvalue weighted by Gasteiger charge is -2.29. The third-order valence-electron chi connectivity index (χ3n) is 10.7. The summed E-state index contributed by atoms with van der Waals surface area (Å²) in [5, 5.41) is 0. The number of hydrogen-bond donors (Lipinski definition) is 1. The van der Waals surface area contributed by atoms with Crippen LogP contribution in [0.5, 0.6) is 0 Å². The summed E-state index contributed by atoms with van der Waals surface area (Å²) in [6, 6.07) is 0. The van der Waals surface area contributed by atoms with Crippen LogP contribution in [0.4, 0.5) is 0 Å². The predicted octanol–water partition coefficient (Wildman–Crippen LogP) is 5.29. The molecule has 0 aliphatic carbocycles. The first-order chi connectivity index (χ1) is 23.6. The molecule has 0 saturated carbocycles. The molecule has 296 valence electrons. The third-order valence-corrected chi connectivity index (χ3v) is 10.7. The van der Waals surface area contributed by atoms with Crippen LogP contribution in [-0.4, -0.2) is 116 Å². The maximum absolute atomic E-state index is 6.51. The summed E-state index contributed by atoms with van der Waals surface area (Å²) in [7, 11) is 0. The van der Waals surface area contributed by atoms with Gasteiger partial charge in [0, 0.05) is 0 Å². The number of ether oxygens (including phenoxy) is 12. The van der Waals surface area contributed by atoms with Crippen molar-refractivity contribution in [3.63, 3.8) is 0 Å². The molecule has 6 rings (SSSR count). The van der Waals surface area contributed by atoms with Crippen molar-refractivity contribution in [2.45, 2.75) is 217 Å². The van der Waals surface area contributed by atoms with Crippen molar-refractivity contribution in [2.75, 3.05) is 19.8 Å². The lowest BCUT2D eigenvalue weighted by Crippen LogP contribution is -2.47. The zero-order valence-corrected chi connectivity index (χ0v) is 33.2. The molecule has 13 heteroatoms. The van der Waals surface area contributed by atoms with E-state index in [-0.39, 0.29) is 61.0 Å². The van der Waals surface area contributed by atoms with E-state index in [1.165, 1.54) is 0 Å². The van der Waals surface area contributed by atoms with Gasteiger partial charge < -0.3 is 62.6 Å². The van der Waals surface area contributed by atoms with E-state index in [2.05, 4.69) is 0 Å². The van der Waals surface area contributed by atoms with Crippen LogP contribution in [0.15, 0.2) is 0 Å². The van der Waals surface area contributed by atoms with Gasteiger partial charge in [0.05, 0.1) is 25.4 Å². The summed E-state index contributed by atoms with van der Waals surface area (Å²) in [6.45, 7) is 24.7. The molecular formula is C38H67NO12. The maximum atomic E-state index is 6.51. The molecule has 0 amide bonds. The Bertz CT molecular complexity index is 1100. The molecule has 0 spiro atoms. The average molecular weight is 730 g/mol. The van der Waals surface area contributed by atoms with Crippen molar-refractivity contribution >= 4 is 0 Å². The van der Waals surface area contributed by atoms with E-state index in [9.17, 15) is 0 Å². The van der Waals surface area contributed by atoms with Crippen LogP contribution in [-0.2, 0) is 56.8 Å². The van der Waals surface area contributed by atoms with Crippen molar-refractivity contribution in [1.82, 2.24) is 0 Å². The summed E-state index contributed by atoms with van der Waals surface area (Å²) in [4.78, 5) is 0. The summed E-state index contributed by atoms with van der Waals surface area (Å²) in [5.74, 6) is -4.00. The molecule has 0 aromatic carbocycles. The van der Waals surface area contributed by atoms with Crippen LogP contribution in [0.3, 0.4) is 0 Å². The molecule has 51 heavy (non-hydrogen) atoms. The van der Waals surface area contributed by atoms with Gasteiger partial charge >= 0.3 is 0 Å². The second-order valence-corrected chi connectivity index (χ2v) is 18.1. The largest absolute Gasteiger partial charge is 0.348 e. The molecule has 6 fully saturated rings. The molecule has 0 unspecified atom stereocenters.